The van der Waals surface area contributed by atoms with E-state index in [-0.39, 0.29) is 6.04 Å². The SMILES string of the molecule is [NH]C(CC=S)CC=S. The van der Waals surface area contributed by atoms with E-state index < -0.39 is 0 Å². The first-order chi connectivity index (χ1) is 3.81. The molecule has 0 aromatic heterocycles. The van der Waals surface area contributed by atoms with Crippen LogP contribution in [0.3, 0.4) is 0 Å². The standard InChI is InChI=1S/C5H8NS2/c6-5(1-3-7)2-4-8/h3-6H,1-2H2. The molecule has 3 heteroatoms. The van der Waals surface area contributed by atoms with Crippen molar-refractivity contribution in [1.82, 2.24) is 5.73 Å². The molecule has 0 fully saturated rings. The maximum Gasteiger partial charge on any atom is 0.0298 e. The van der Waals surface area contributed by atoms with Gasteiger partial charge in [-0.25, -0.2) is 0 Å². The van der Waals surface area contributed by atoms with Crippen LogP contribution in [0.4, 0.5) is 0 Å². The number of hydrogen-bond donors (Lipinski definition) is 0. The fourth-order valence-electron chi connectivity index (χ4n) is 0.329. The van der Waals surface area contributed by atoms with Crippen molar-refractivity contribution in [2.45, 2.75) is 18.9 Å². The molecule has 0 aromatic rings. The Morgan fingerprint density at radius 1 is 1.25 bits per heavy atom. The van der Waals surface area contributed by atoms with Gasteiger partial charge in [-0.05, 0) is 23.6 Å². The summed E-state index contributed by atoms with van der Waals surface area (Å²) in [5.74, 6) is 0. The second-order valence-electron chi connectivity index (χ2n) is 1.50. The van der Waals surface area contributed by atoms with Crippen molar-refractivity contribution in [1.29, 1.82) is 0 Å². The molecule has 0 unspecified atom stereocenters. The lowest BCUT2D eigenvalue weighted by Gasteiger charge is -1.98. The van der Waals surface area contributed by atoms with Gasteiger partial charge in [0.05, 0.1) is 0 Å². The molecular formula is C5H8NS2. The summed E-state index contributed by atoms with van der Waals surface area (Å²) < 4.78 is 0. The van der Waals surface area contributed by atoms with Crippen LogP contribution in [0.15, 0.2) is 0 Å². The number of thiocarbonyl (C=S) groups is 2. The Morgan fingerprint density at radius 2 is 1.62 bits per heavy atom. The van der Waals surface area contributed by atoms with Crippen LogP contribution >= 0.6 is 24.4 Å². The van der Waals surface area contributed by atoms with Gasteiger partial charge >= 0.3 is 0 Å². The zero-order valence-corrected chi connectivity index (χ0v) is 6.10. The van der Waals surface area contributed by atoms with Crippen LogP contribution in [-0.4, -0.2) is 16.8 Å². The Kier molecular flexibility index (Phi) is 5.37. The number of nitrogens with one attached hydrogen (secondary N) is 1. The van der Waals surface area contributed by atoms with E-state index >= 15 is 0 Å². The predicted molar refractivity (Wildman–Crippen MR) is 43.4 cm³/mol. The van der Waals surface area contributed by atoms with E-state index in [0.717, 1.165) is 0 Å². The van der Waals surface area contributed by atoms with Crippen LogP contribution in [0.25, 0.3) is 0 Å². The van der Waals surface area contributed by atoms with E-state index in [9.17, 15) is 0 Å². The first kappa shape index (κ1) is 8.14. The van der Waals surface area contributed by atoms with Gasteiger partial charge in [-0.15, -0.1) is 0 Å². The van der Waals surface area contributed by atoms with Gasteiger partial charge in [0.1, 0.15) is 0 Å². The second-order valence-corrected chi connectivity index (χ2v) is 2.17. The Labute approximate surface area is 60.3 Å². The van der Waals surface area contributed by atoms with Crippen molar-refractivity contribution < 1.29 is 0 Å². The zero-order valence-electron chi connectivity index (χ0n) is 4.46. The summed E-state index contributed by atoms with van der Waals surface area (Å²) in [6, 6.07) is -0.106. The highest BCUT2D eigenvalue weighted by atomic mass is 32.1. The van der Waals surface area contributed by atoms with E-state index in [1.165, 1.54) is 0 Å². The number of rotatable bonds is 4. The van der Waals surface area contributed by atoms with Crippen LogP contribution in [-0.2, 0) is 0 Å². The Balaban J connectivity index is 3.16. The third-order valence-corrected chi connectivity index (χ3v) is 1.15. The van der Waals surface area contributed by atoms with Gasteiger partial charge in [-0.2, -0.15) is 0 Å². The molecule has 0 amide bonds. The summed E-state index contributed by atoms with van der Waals surface area (Å²) in [4.78, 5) is 0. The highest BCUT2D eigenvalue weighted by Gasteiger charge is 1.95. The first-order valence-corrected chi connectivity index (χ1v) is 3.34. The molecule has 0 aliphatic carbocycles. The molecule has 0 heterocycles. The molecule has 0 rings (SSSR count). The summed E-state index contributed by atoms with van der Waals surface area (Å²) in [7, 11) is 0. The fourth-order valence-corrected chi connectivity index (χ4v) is 0.793. The minimum atomic E-state index is -0.106. The van der Waals surface area contributed by atoms with Gasteiger partial charge in [-0.3, -0.25) is 5.73 Å². The van der Waals surface area contributed by atoms with E-state index in [0.29, 0.717) is 12.8 Å². The average molecular weight is 146 g/mol. The monoisotopic (exact) mass is 146 g/mol. The van der Waals surface area contributed by atoms with Crippen molar-refractivity contribution in [3.8, 4) is 0 Å². The molecule has 1 N–H and O–H groups in total. The highest BCUT2D eigenvalue weighted by molar-refractivity contribution is 7.79. The van der Waals surface area contributed by atoms with Gasteiger partial charge in [-0.1, -0.05) is 24.4 Å². The molecular weight excluding hydrogens is 138 g/mol. The minimum Gasteiger partial charge on any atom is -0.254 e. The molecule has 1 nitrogen and oxygen atoms in total. The smallest absolute Gasteiger partial charge is 0.0298 e. The third-order valence-electron chi connectivity index (χ3n) is 0.761. The lowest BCUT2D eigenvalue weighted by Crippen LogP contribution is -2.08. The van der Waals surface area contributed by atoms with E-state index in [4.69, 9.17) is 5.73 Å². The lowest BCUT2D eigenvalue weighted by atomic mass is 10.2. The summed E-state index contributed by atoms with van der Waals surface area (Å²) in [5, 5.41) is 3.16. The molecule has 8 heavy (non-hydrogen) atoms. The Bertz CT molecular complexity index is 72.5. The number of hydrogen-bond acceptors (Lipinski definition) is 2. The Hall–Kier alpha value is 0.140. The first-order valence-electron chi connectivity index (χ1n) is 2.39. The predicted octanol–water partition coefficient (Wildman–Crippen LogP) is 1.42. The van der Waals surface area contributed by atoms with E-state index in [1.807, 2.05) is 0 Å². The topological polar surface area (TPSA) is 23.8 Å². The highest BCUT2D eigenvalue weighted by Crippen LogP contribution is 1.90. The summed E-state index contributed by atoms with van der Waals surface area (Å²) in [6.07, 6.45) is 1.34. The molecule has 0 saturated carbocycles. The van der Waals surface area contributed by atoms with Gasteiger partial charge in [0.25, 0.3) is 0 Å². The van der Waals surface area contributed by atoms with Crippen LogP contribution in [0, 0.1) is 0 Å². The molecule has 0 atom stereocenters. The second kappa shape index (κ2) is 5.28. The largest absolute Gasteiger partial charge is 0.254 e. The molecule has 0 spiro atoms. The van der Waals surface area contributed by atoms with Crippen molar-refractivity contribution in [3.63, 3.8) is 0 Å². The molecule has 0 aliphatic heterocycles. The third kappa shape index (κ3) is 4.30. The zero-order chi connectivity index (χ0) is 6.41. The summed E-state index contributed by atoms with van der Waals surface area (Å²) in [6.45, 7) is 0. The molecule has 1 radical (unpaired) electrons. The van der Waals surface area contributed by atoms with Crippen LogP contribution < -0.4 is 5.73 Å². The molecule has 0 saturated heterocycles. The van der Waals surface area contributed by atoms with Crippen molar-refractivity contribution >= 4 is 35.2 Å². The molecule has 45 valence electrons. The Morgan fingerprint density at radius 3 is 1.88 bits per heavy atom. The maximum absolute atomic E-state index is 7.18. The van der Waals surface area contributed by atoms with Crippen molar-refractivity contribution in [2.75, 3.05) is 0 Å². The maximum atomic E-state index is 7.18. The van der Waals surface area contributed by atoms with Crippen molar-refractivity contribution in [2.24, 2.45) is 0 Å². The molecule has 0 aromatic carbocycles. The molecule has 0 bridgehead atoms. The van der Waals surface area contributed by atoms with Gasteiger partial charge in [0, 0.05) is 6.04 Å². The van der Waals surface area contributed by atoms with Crippen molar-refractivity contribution in [3.05, 3.63) is 0 Å². The summed E-state index contributed by atoms with van der Waals surface area (Å²) >= 11 is 9.10. The van der Waals surface area contributed by atoms with E-state index in [1.54, 1.807) is 10.7 Å². The minimum absolute atomic E-state index is 0.106. The van der Waals surface area contributed by atoms with Gasteiger partial charge in [0.2, 0.25) is 0 Å². The van der Waals surface area contributed by atoms with Gasteiger partial charge < -0.3 is 0 Å². The lowest BCUT2D eigenvalue weighted by molar-refractivity contribution is 0.725. The summed E-state index contributed by atoms with van der Waals surface area (Å²) in [5.41, 5.74) is 7.18. The van der Waals surface area contributed by atoms with Crippen LogP contribution in [0.5, 0.6) is 0 Å². The van der Waals surface area contributed by atoms with Crippen LogP contribution in [0.2, 0.25) is 0 Å². The molecule has 0 aliphatic rings. The van der Waals surface area contributed by atoms with Crippen LogP contribution in [0.1, 0.15) is 12.8 Å². The van der Waals surface area contributed by atoms with Gasteiger partial charge in [0.15, 0.2) is 0 Å². The van der Waals surface area contributed by atoms with E-state index in [2.05, 4.69) is 24.4 Å². The normalized spacial score (nSPS) is 9.25. The quantitative estimate of drug-likeness (QED) is 0.560. The fraction of sp³-hybridized carbons (Fsp3) is 0.600. The average Bonchev–Trinajstić information content (AvgIpc) is 1.68.